The molecule has 1 rings (SSSR count). The maximum absolute atomic E-state index is 10.9. The minimum atomic E-state index is -1.43. The molecule has 0 amide bonds. The Bertz CT molecular complexity index is 402. The number of nitrogens with two attached hydrogens (primary N) is 1. The summed E-state index contributed by atoms with van der Waals surface area (Å²) in [4.78, 5) is 25.2. The molecule has 0 aliphatic carbocycles. The van der Waals surface area contributed by atoms with Gasteiger partial charge >= 0.3 is 5.97 Å². The van der Waals surface area contributed by atoms with E-state index in [1.54, 1.807) is 6.07 Å². The third-order valence-electron chi connectivity index (χ3n) is 2.04. The molecule has 5 heteroatoms. The molecule has 5 nitrogen and oxygen atoms in total. The number of ketones is 1. The molecular weight excluding hydrogens is 196 g/mol. The van der Waals surface area contributed by atoms with E-state index in [0.717, 1.165) is 5.56 Å². The Labute approximate surface area is 86.9 Å². The molecule has 0 saturated carbocycles. The summed E-state index contributed by atoms with van der Waals surface area (Å²) < 4.78 is 0. The van der Waals surface area contributed by atoms with Crippen LogP contribution in [-0.2, 0) is 22.4 Å². The van der Waals surface area contributed by atoms with Gasteiger partial charge in [0, 0.05) is 12.6 Å². The number of carboxylic acid groups (broad SMARTS) is 1. The molecule has 0 atom stereocenters. The maximum atomic E-state index is 10.9. The average Bonchev–Trinajstić information content (AvgIpc) is 2.20. The highest BCUT2D eigenvalue weighted by Crippen LogP contribution is 2.11. The third-order valence-corrected chi connectivity index (χ3v) is 2.04. The van der Waals surface area contributed by atoms with Crippen molar-refractivity contribution in [2.75, 3.05) is 5.73 Å². The van der Waals surface area contributed by atoms with Crippen LogP contribution in [0.4, 0.5) is 5.82 Å². The monoisotopic (exact) mass is 208 g/mol. The van der Waals surface area contributed by atoms with Crippen LogP contribution in [0.1, 0.15) is 18.1 Å². The number of carboxylic acids is 1. The molecule has 0 aliphatic heterocycles. The molecule has 0 bridgehead atoms. The number of hydrogen-bond acceptors (Lipinski definition) is 4. The quantitative estimate of drug-likeness (QED) is 0.699. The predicted molar refractivity (Wildman–Crippen MR) is 54.4 cm³/mol. The van der Waals surface area contributed by atoms with Gasteiger partial charge in [-0.25, -0.2) is 9.78 Å². The number of carbonyl (C=O) groups excluding carboxylic acids is 1. The van der Waals surface area contributed by atoms with Gasteiger partial charge in [-0.1, -0.05) is 13.0 Å². The van der Waals surface area contributed by atoms with E-state index in [-0.39, 0.29) is 6.42 Å². The second kappa shape index (κ2) is 4.54. The standard InChI is InChI=1S/C10H12N2O3/c1-2-7-3-6(5-12-9(7)11)4-8(13)10(14)15/h3,5H,2,4H2,1H3,(H2,11,12)(H,14,15). The summed E-state index contributed by atoms with van der Waals surface area (Å²) in [5, 5.41) is 8.43. The normalized spacial score (nSPS) is 9.93. The van der Waals surface area contributed by atoms with E-state index in [1.807, 2.05) is 6.92 Å². The van der Waals surface area contributed by atoms with E-state index in [1.165, 1.54) is 6.20 Å². The number of pyridine rings is 1. The molecule has 3 N–H and O–H groups in total. The van der Waals surface area contributed by atoms with Crippen LogP contribution in [-0.4, -0.2) is 21.8 Å². The van der Waals surface area contributed by atoms with Crippen molar-refractivity contribution in [2.24, 2.45) is 0 Å². The van der Waals surface area contributed by atoms with E-state index in [9.17, 15) is 9.59 Å². The Balaban J connectivity index is 2.87. The number of aliphatic carboxylic acids is 1. The zero-order valence-corrected chi connectivity index (χ0v) is 8.36. The fourth-order valence-corrected chi connectivity index (χ4v) is 1.21. The average molecular weight is 208 g/mol. The van der Waals surface area contributed by atoms with Crippen molar-refractivity contribution in [3.8, 4) is 0 Å². The van der Waals surface area contributed by atoms with Gasteiger partial charge in [0.15, 0.2) is 0 Å². The first kappa shape index (κ1) is 11.2. The SMILES string of the molecule is CCc1cc(CC(=O)C(=O)O)cnc1N. The Hall–Kier alpha value is -1.91. The van der Waals surface area contributed by atoms with Crippen LogP contribution >= 0.6 is 0 Å². The largest absolute Gasteiger partial charge is 0.475 e. The van der Waals surface area contributed by atoms with Crippen molar-refractivity contribution < 1.29 is 14.7 Å². The van der Waals surface area contributed by atoms with Crippen LogP contribution in [0, 0.1) is 0 Å². The van der Waals surface area contributed by atoms with E-state index in [4.69, 9.17) is 10.8 Å². The number of nitrogen functional groups attached to an aromatic ring is 1. The van der Waals surface area contributed by atoms with Crippen molar-refractivity contribution >= 4 is 17.6 Å². The summed E-state index contributed by atoms with van der Waals surface area (Å²) in [7, 11) is 0. The van der Waals surface area contributed by atoms with Crippen molar-refractivity contribution in [3.63, 3.8) is 0 Å². The molecule has 80 valence electrons. The van der Waals surface area contributed by atoms with Gasteiger partial charge < -0.3 is 10.8 Å². The Morgan fingerprint density at radius 2 is 2.20 bits per heavy atom. The van der Waals surface area contributed by atoms with Gasteiger partial charge in [-0.3, -0.25) is 4.79 Å². The molecule has 15 heavy (non-hydrogen) atoms. The van der Waals surface area contributed by atoms with Crippen molar-refractivity contribution in [1.82, 2.24) is 4.98 Å². The lowest BCUT2D eigenvalue weighted by Crippen LogP contribution is -2.15. The predicted octanol–water partition coefficient (Wildman–Crippen LogP) is 0.422. The first-order valence-corrected chi connectivity index (χ1v) is 4.54. The van der Waals surface area contributed by atoms with Gasteiger partial charge in [-0.2, -0.15) is 0 Å². The van der Waals surface area contributed by atoms with Gasteiger partial charge in [-0.05, 0) is 17.5 Å². The van der Waals surface area contributed by atoms with Crippen LogP contribution < -0.4 is 5.73 Å². The minimum absolute atomic E-state index is 0.143. The second-order valence-corrected chi connectivity index (χ2v) is 3.15. The summed E-state index contributed by atoms with van der Waals surface area (Å²) in [6.45, 7) is 1.91. The summed E-state index contributed by atoms with van der Waals surface area (Å²) >= 11 is 0. The van der Waals surface area contributed by atoms with Crippen LogP contribution in [0.2, 0.25) is 0 Å². The van der Waals surface area contributed by atoms with Crippen LogP contribution in [0.3, 0.4) is 0 Å². The lowest BCUT2D eigenvalue weighted by Gasteiger charge is -2.04. The lowest BCUT2D eigenvalue weighted by atomic mass is 10.1. The van der Waals surface area contributed by atoms with Crippen LogP contribution in [0.15, 0.2) is 12.3 Å². The molecule has 0 spiro atoms. The fourth-order valence-electron chi connectivity index (χ4n) is 1.21. The van der Waals surface area contributed by atoms with Gasteiger partial charge in [0.1, 0.15) is 5.82 Å². The maximum Gasteiger partial charge on any atom is 0.372 e. The molecule has 0 fully saturated rings. The van der Waals surface area contributed by atoms with Crippen LogP contribution in [0.25, 0.3) is 0 Å². The molecule has 1 heterocycles. The molecule has 0 aromatic carbocycles. The molecule has 1 aromatic heterocycles. The number of hydrogen-bond donors (Lipinski definition) is 2. The zero-order valence-electron chi connectivity index (χ0n) is 8.36. The zero-order chi connectivity index (χ0) is 11.4. The summed E-state index contributed by atoms with van der Waals surface area (Å²) in [5.74, 6) is -1.85. The minimum Gasteiger partial charge on any atom is -0.475 e. The molecule has 0 saturated heterocycles. The summed E-state index contributed by atoms with van der Waals surface area (Å²) in [5.41, 5.74) is 6.98. The van der Waals surface area contributed by atoms with E-state index in [2.05, 4.69) is 4.98 Å². The van der Waals surface area contributed by atoms with Gasteiger partial charge in [-0.15, -0.1) is 0 Å². The molecular formula is C10H12N2O3. The summed E-state index contributed by atoms with van der Waals surface area (Å²) in [6, 6.07) is 1.71. The summed E-state index contributed by atoms with van der Waals surface area (Å²) in [6.07, 6.45) is 1.99. The third kappa shape index (κ3) is 2.77. The topological polar surface area (TPSA) is 93.3 Å². The number of aryl methyl sites for hydroxylation is 1. The number of aromatic nitrogens is 1. The number of rotatable bonds is 4. The smallest absolute Gasteiger partial charge is 0.372 e. The number of carbonyl (C=O) groups is 2. The van der Waals surface area contributed by atoms with Gasteiger partial charge in [0.05, 0.1) is 0 Å². The highest BCUT2D eigenvalue weighted by molar-refractivity contribution is 6.33. The Kier molecular flexibility index (Phi) is 3.38. The van der Waals surface area contributed by atoms with Crippen LogP contribution in [0.5, 0.6) is 0 Å². The molecule has 1 aromatic rings. The molecule has 0 aliphatic rings. The Morgan fingerprint density at radius 1 is 1.53 bits per heavy atom. The molecule has 0 unspecified atom stereocenters. The second-order valence-electron chi connectivity index (χ2n) is 3.15. The lowest BCUT2D eigenvalue weighted by molar-refractivity contribution is -0.148. The number of anilines is 1. The first-order chi connectivity index (χ1) is 7.04. The van der Waals surface area contributed by atoms with Gasteiger partial charge in [0.2, 0.25) is 5.78 Å². The van der Waals surface area contributed by atoms with Crippen molar-refractivity contribution in [2.45, 2.75) is 19.8 Å². The van der Waals surface area contributed by atoms with Gasteiger partial charge in [0.25, 0.3) is 0 Å². The number of nitrogens with zero attached hydrogens (tertiary/aromatic N) is 1. The first-order valence-electron chi connectivity index (χ1n) is 4.54. The fraction of sp³-hybridized carbons (Fsp3) is 0.300. The van der Waals surface area contributed by atoms with E-state index < -0.39 is 11.8 Å². The molecule has 0 radical (unpaired) electrons. The number of Topliss-reactive ketones (excluding diaryl/α,β-unsaturated/α-hetero) is 1. The van der Waals surface area contributed by atoms with Crippen molar-refractivity contribution in [3.05, 3.63) is 23.4 Å². The Morgan fingerprint density at radius 3 is 2.73 bits per heavy atom. The van der Waals surface area contributed by atoms with E-state index >= 15 is 0 Å². The highest BCUT2D eigenvalue weighted by Gasteiger charge is 2.12. The van der Waals surface area contributed by atoms with E-state index in [0.29, 0.717) is 17.8 Å². The highest BCUT2D eigenvalue weighted by atomic mass is 16.4. The van der Waals surface area contributed by atoms with Crippen molar-refractivity contribution in [1.29, 1.82) is 0 Å².